The Labute approximate surface area is 104 Å². The highest BCUT2D eigenvalue weighted by Crippen LogP contribution is 2.29. The second-order valence-corrected chi connectivity index (χ2v) is 4.99. The minimum Gasteiger partial charge on any atom is -0.373 e. The Kier molecular flexibility index (Phi) is 3.41. The molecule has 0 aliphatic rings. The Morgan fingerprint density at radius 2 is 2.19 bits per heavy atom. The predicted molar refractivity (Wildman–Crippen MR) is 69.3 cm³/mol. The fourth-order valence-electron chi connectivity index (χ4n) is 1.35. The number of nitrogens with zero attached hydrogens (tertiary/aromatic N) is 2. The van der Waals surface area contributed by atoms with E-state index in [9.17, 15) is 0 Å². The number of rotatable bonds is 3. The van der Waals surface area contributed by atoms with Crippen LogP contribution >= 0.6 is 22.9 Å². The average molecular weight is 254 g/mol. The first-order valence-corrected chi connectivity index (χ1v) is 6.23. The summed E-state index contributed by atoms with van der Waals surface area (Å²) < 4.78 is 0.756. The Bertz CT molecular complexity index is 473. The van der Waals surface area contributed by atoms with Crippen LogP contribution in [0, 0.1) is 0 Å². The zero-order valence-corrected chi connectivity index (χ0v) is 10.7. The summed E-state index contributed by atoms with van der Waals surface area (Å²) in [4.78, 5) is 9.89. The highest BCUT2D eigenvalue weighted by molar-refractivity contribution is 7.19. The van der Waals surface area contributed by atoms with E-state index in [4.69, 9.17) is 11.6 Å². The quantitative estimate of drug-likeness (QED) is 0.910. The third-order valence-corrected chi connectivity index (χ3v) is 3.42. The SMILES string of the molecule is CCc1cc(NC)nc(-c2ccc(Cl)s2)n1. The molecular weight excluding hydrogens is 242 g/mol. The summed E-state index contributed by atoms with van der Waals surface area (Å²) in [6.45, 7) is 2.08. The van der Waals surface area contributed by atoms with E-state index in [1.807, 2.05) is 25.2 Å². The van der Waals surface area contributed by atoms with E-state index in [1.54, 1.807) is 0 Å². The summed E-state index contributed by atoms with van der Waals surface area (Å²) in [7, 11) is 1.85. The monoisotopic (exact) mass is 253 g/mol. The van der Waals surface area contributed by atoms with Crippen molar-refractivity contribution in [3.8, 4) is 10.7 Å². The lowest BCUT2D eigenvalue weighted by Crippen LogP contribution is -1.99. The Balaban J connectivity index is 2.47. The fraction of sp³-hybridized carbons (Fsp3) is 0.273. The van der Waals surface area contributed by atoms with Crippen molar-refractivity contribution in [2.75, 3.05) is 12.4 Å². The van der Waals surface area contributed by atoms with Gasteiger partial charge >= 0.3 is 0 Å². The van der Waals surface area contributed by atoms with Gasteiger partial charge in [-0.25, -0.2) is 9.97 Å². The van der Waals surface area contributed by atoms with Crippen molar-refractivity contribution in [2.24, 2.45) is 0 Å². The van der Waals surface area contributed by atoms with Crippen LogP contribution in [0.5, 0.6) is 0 Å². The standard InChI is InChI=1S/C11H12ClN3S/c1-3-7-6-10(13-2)15-11(14-7)8-4-5-9(12)16-8/h4-6H,3H2,1-2H3,(H,13,14,15). The van der Waals surface area contributed by atoms with Gasteiger partial charge in [0, 0.05) is 18.8 Å². The number of halogens is 1. The summed E-state index contributed by atoms with van der Waals surface area (Å²) in [5, 5.41) is 3.04. The normalized spacial score (nSPS) is 10.4. The van der Waals surface area contributed by atoms with E-state index < -0.39 is 0 Å². The van der Waals surface area contributed by atoms with E-state index in [2.05, 4.69) is 22.2 Å². The van der Waals surface area contributed by atoms with Crippen LogP contribution in [-0.2, 0) is 6.42 Å². The molecule has 2 aromatic rings. The molecular formula is C11H12ClN3S. The van der Waals surface area contributed by atoms with Gasteiger partial charge in [0.2, 0.25) is 0 Å². The van der Waals surface area contributed by atoms with Crippen molar-refractivity contribution < 1.29 is 0 Å². The zero-order chi connectivity index (χ0) is 11.5. The third kappa shape index (κ3) is 2.33. The molecule has 0 unspecified atom stereocenters. The predicted octanol–water partition coefficient (Wildman–Crippen LogP) is 3.46. The first kappa shape index (κ1) is 11.4. The van der Waals surface area contributed by atoms with Crippen molar-refractivity contribution >= 4 is 28.8 Å². The molecule has 5 heteroatoms. The van der Waals surface area contributed by atoms with Crippen molar-refractivity contribution in [1.29, 1.82) is 0 Å². The minimum absolute atomic E-state index is 0.737. The molecule has 0 amide bonds. The minimum atomic E-state index is 0.737. The van der Waals surface area contributed by atoms with E-state index in [0.717, 1.165) is 33.0 Å². The summed E-state index contributed by atoms with van der Waals surface area (Å²) in [5.41, 5.74) is 1.03. The topological polar surface area (TPSA) is 37.8 Å². The Morgan fingerprint density at radius 3 is 2.75 bits per heavy atom. The maximum absolute atomic E-state index is 5.90. The number of anilines is 1. The number of aryl methyl sites for hydroxylation is 1. The number of nitrogens with one attached hydrogen (secondary N) is 1. The van der Waals surface area contributed by atoms with E-state index >= 15 is 0 Å². The van der Waals surface area contributed by atoms with Gasteiger partial charge in [0.25, 0.3) is 0 Å². The lowest BCUT2D eigenvalue weighted by Gasteiger charge is -2.04. The molecule has 0 aliphatic carbocycles. The van der Waals surface area contributed by atoms with Crippen LogP contribution in [0.3, 0.4) is 0 Å². The van der Waals surface area contributed by atoms with E-state index in [1.165, 1.54) is 11.3 Å². The highest BCUT2D eigenvalue weighted by atomic mass is 35.5. The second kappa shape index (κ2) is 4.80. The van der Waals surface area contributed by atoms with Crippen LogP contribution in [0.15, 0.2) is 18.2 Å². The molecule has 16 heavy (non-hydrogen) atoms. The van der Waals surface area contributed by atoms with Crippen molar-refractivity contribution in [2.45, 2.75) is 13.3 Å². The molecule has 2 aromatic heterocycles. The first-order chi connectivity index (χ1) is 7.72. The number of hydrogen-bond donors (Lipinski definition) is 1. The first-order valence-electron chi connectivity index (χ1n) is 5.04. The molecule has 0 atom stereocenters. The van der Waals surface area contributed by atoms with E-state index in [0.29, 0.717) is 0 Å². The van der Waals surface area contributed by atoms with Gasteiger partial charge in [-0.3, -0.25) is 0 Å². The summed E-state index contributed by atoms with van der Waals surface area (Å²) in [6.07, 6.45) is 0.892. The molecule has 1 N–H and O–H groups in total. The van der Waals surface area contributed by atoms with Gasteiger partial charge < -0.3 is 5.32 Å². The second-order valence-electron chi connectivity index (χ2n) is 3.28. The largest absolute Gasteiger partial charge is 0.373 e. The third-order valence-electron chi connectivity index (χ3n) is 2.19. The van der Waals surface area contributed by atoms with Gasteiger partial charge in [-0.05, 0) is 18.6 Å². The fourth-order valence-corrected chi connectivity index (χ4v) is 2.33. The summed E-state index contributed by atoms with van der Waals surface area (Å²) >= 11 is 7.40. The molecule has 0 fully saturated rings. The Hall–Kier alpha value is -1.13. The molecule has 0 saturated heterocycles. The molecule has 0 bridgehead atoms. The van der Waals surface area contributed by atoms with Gasteiger partial charge in [0.1, 0.15) is 5.82 Å². The number of aromatic nitrogens is 2. The molecule has 84 valence electrons. The molecule has 2 rings (SSSR count). The lowest BCUT2D eigenvalue weighted by molar-refractivity contribution is 1.01. The van der Waals surface area contributed by atoms with Crippen molar-refractivity contribution in [3.63, 3.8) is 0 Å². The molecule has 2 heterocycles. The average Bonchev–Trinajstić information content (AvgIpc) is 2.75. The molecule has 0 saturated carbocycles. The van der Waals surface area contributed by atoms with Crippen molar-refractivity contribution in [1.82, 2.24) is 9.97 Å². The van der Waals surface area contributed by atoms with Gasteiger partial charge in [-0.1, -0.05) is 18.5 Å². The molecule has 0 aromatic carbocycles. The maximum Gasteiger partial charge on any atom is 0.171 e. The Morgan fingerprint density at radius 1 is 1.38 bits per heavy atom. The number of thiophene rings is 1. The highest BCUT2D eigenvalue weighted by Gasteiger charge is 2.07. The molecule has 0 radical (unpaired) electrons. The van der Waals surface area contributed by atoms with Crippen LogP contribution in [0.4, 0.5) is 5.82 Å². The summed E-state index contributed by atoms with van der Waals surface area (Å²) in [5.74, 6) is 1.58. The van der Waals surface area contributed by atoms with Gasteiger partial charge in [-0.15, -0.1) is 11.3 Å². The smallest absolute Gasteiger partial charge is 0.171 e. The van der Waals surface area contributed by atoms with Crippen LogP contribution in [0.25, 0.3) is 10.7 Å². The van der Waals surface area contributed by atoms with Crippen molar-refractivity contribution in [3.05, 3.63) is 28.2 Å². The molecule has 3 nitrogen and oxygen atoms in total. The molecule has 0 spiro atoms. The maximum atomic E-state index is 5.90. The zero-order valence-electron chi connectivity index (χ0n) is 9.12. The van der Waals surface area contributed by atoms with Gasteiger partial charge in [0.15, 0.2) is 5.82 Å². The lowest BCUT2D eigenvalue weighted by atomic mass is 10.3. The van der Waals surface area contributed by atoms with Gasteiger partial charge in [0.05, 0.1) is 9.21 Å². The van der Waals surface area contributed by atoms with E-state index in [-0.39, 0.29) is 0 Å². The number of hydrogen-bond acceptors (Lipinski definition) is 4. The van der Waals surface area contributed by atoms with Crippen LogP contribution in [0.2, 0.25) is 4.34 Å². The van der Waals surface area contributed by atoms with Crippen LogP contribution < -0.4 is 5.32 Å². The van der Waals surface area contributed by atoms with Gasteiger partial charge in [-0.2, -0.15) is 0 Å². The summed E-state index contributed by atoms with van der Waals surface area (Å²) in [6, 6.07) is 5.77. The van der Waals surface area contributed by atoms with Crippen LogP contribution in [-0.4, -0.2) is 17.0 Å². The van der Waals surface area contributed by atoms with Crippen LogP contribution in [0.1, 0.15) is 12.6 Å². The molecule has 0 aliphatic heterocycles.